The summed E-state index contributed by atoms with van der Waals surface area (Å²) < 4.78 is 5.79. The van der Waals surface area contributed by atoms with Crippen molar-refractivity contribution < 1.29 is 23.9 Å². The van der Waals surface area contributed by atoms with Crippen LogP contribution in [-0.4, -0.2) is 30.2 Å². The van der Waals surface area contributed by atoms with Crippen molar-refractivity contribution in [2.75, 3.05) is 16.3 Å². The van der Waals surface area contributed by atoms with Gasteiger partial charge in [-0.3, -0.25) is 19.2 Å². The summed E-state index contributed by atoms with van der Waals surface area (Å²) in [7, 11) is 0. The zero-order chi connectivity index (χ0) is 32.0. The van der Waals surface area contributed by atoms with Gasteiger partial charge in [-0.1, -0.05) is 84.9 Å². The monoisotopic (exact) mass is 618 g/mol. The molecular formula is C40H30N2O5. The highest BCUT2D eigenvalue weighted by atomic mass is 16.5. The molecule has 5 aliphatic rings. The Labute approximate surface area is 271 Å². The Kier molecular flexibility index (Phi) is 6.03. The quantitative estimate of drug-likeness (QED) is 0.130. The van der Waals surface area contributed by atoms with Gasteiger partial charge in [0, 0.05) is 30.2 Å². The number of nitrogens with zero attached hydrogens (tertiary/aromatic N) is 2. The Morgan fingerprint density at radius 2 is 1.26 bits per heavy atom. The van der Waals surface area contributed by atoms with Gasteiger partial charge in [-0.05, 0) is 64.4 Å². The van der Waals surface area contributed by atoms with Crippen molar-refractivity contribution in [1.82, 2.24) is 0 Å². The predicted octanol–water partition coefficient (Wildman–Crippen LogP) is 6.50. The van der Waals surface area contributed by atoms with Gasteiger partial charge in [0.05, 0.1) is 29.1 Å². The van der Waals surface area contributed by atoms with Crippen LogP contribution in [-0.2, 0) is 19.2 Å². The lowest BCUT2D eigenvalue weighted by molar-refractivity contribution is -0.139. The van der Waals surface area contributed by atoms with Gasteiger partial charge in [-0.2, -0.15) is 0 Å². The summed E-state index contributed by atoms with van der Waals surface area (Å²) in [6.45, 7) is 2.05. The topological polar surface area (TPSA) is 84.0 Å². The third-order valence-corrected chi connectivity index (χ3v) is 10.6. The Bertz CT molecular complexity index is 2070. The molecule has 2 heterocycles. The van der Waals surface area contributed by atoms with Crippen LogP contribution in [0.2, 0.25) is 0 Å². The minimum Gasteiger partial charge on any atom is -0.426 e. The van der Waals surface area contributed by atoms with Crippen molar-refractivity contribution in [2.24, 2.45) is 17.8 Å². The van der Waals surface area contributed by atoms with Gasteiger partial charge in [0.25, 0.3) is 0 Å². The molecule has 2 saturated heterocycles. The molecule has 5 aromatic carbocycles. The van der Waals surface area contributed by atoms with Crippen LogP contribution < -0.4 is 14.5 Å². The molecule has 3 atom stereocenters. The fourth-order valence-electron chi connectivity index (χ4n) is 8.60. The van der Waals surface area contributed by atoms with E-state index in [9.17, 15) is 19.2 Å². The molecule has 5 aromatic rings. The van der Waals surface area contributed by atoms with Crippen molar-refractivity contribution in [3.8, 4) is 5.75 Å². The zero-order valence-corrected chi connectivity index (χ0v) is 25.6. The first-order valence-corrected chi connectivity index (χ1v) is 16.1. The predicted molar refractivity (Wildman–Crippen MR) is 177 cm³/mol. The molecule has 0 unspecified atom stereocenters. The molecule has 7 heteroatoms. The first kappa shape index (κ1) is 27.7. The second kappa shape index (κ2) is 10.2. The molecule has 0 aromatic heterocycles. The molecule has 2 bridgehead atoms. The Morgan fingerprint density at radius 3 is 1.87 bits per heavy atom. The van der Waals surface area contributed by atoms with Gasteiger partial charge in [0.15, 0.2) is 0 Å². The summed E-state index contributed by atoms with van der Waals surface area (Å²) in [6.07, 6.45) is 0.0613. The summed E-state index contributed by atoms with van der Waals surface area (Å²) >= 11 is 0. The molecular weight excluding hydrogens is 588 g/mol. The van der Waals surface area contributed by atoms with Crippen LogP contribution in [0.15, 0.2) is 109 Å². The molecule has 3 amide bonds. The number of carbonyl (C=O) groups is 4. The first-order chi connectivity index (χ1) is 22.9. The lowest BCUT2D eigenvalue weighted by Crippen LogP contribution is -2.41. The second-order valence-electron chi connectivity index (χ2n) is 13.0. The highest BCUT2D eigenvalue weighted by Crippen LogP contribution is 2.61. The molecule has 2 fully saturated rings. The van der Waals surface area contributed by atoms with Gasteiger partial charge in [0.1, 0.15) is 5.75 Å². The SMILES string of the molecule is Cc1cc(OC(=O)[C@@H]2CC(=O)N(c3cccc4ccccc34)C2)ccc1N1C(=O)[C@@H]2C3c4ccccc4C(c4ccccc43)[C@@H]2C1=O. The molecule has 230 valence electrons. The number of imide groups is 1. The number of hydrogen-bond acceptors (Lipinski definition) is 5. The van der Waals surface area contributed by atoms with Gasteiger partial charge in [-0.25, -0.2) is 4.90 Å². The summed E-state index contributed by atoms with van der Waals surface area (Å²) in [5.74, 6) is -2.61. The van der Waals surface area contributed by atoms with E-state index < -0.39 is 23.7 Å². The first-order valence-electron chi connectivity index (χ1n) is 16.1. The maximum Gasteiger partial charge on any atom is 0.316 e. The van der Waals surface area contributed by atoms with E-state index in [1.165, 1.54) is 4.90 Å². The maximum atomic E-state index is 14.2. The van der Waals surface area contributed by atoms with Gasteiger partial charge in [-0.15, -0.1) is 0 Å². The van der Waals surface area contributed by atoms with Gasteiger partial charge in [0.2, 0.25) is 17.7 Å². The minimum atomic E-state index is -0.620. The number of aryl methyl sites for hydroxylation is 1. The average Bonchev–Trinajstić information content (AvgIpc) is 3.61. The van der Waals surface area contributed by atoms with E-state index in [0.717, 1.165) is 38.7 Å². The summed E-state index contributed by atoms with van der Waals surface area (Å²) in [5, 5.41) is 1.98. The highest BCUT2D eigenvalue weighted by molar-refractivity contribution is 6.23. The molecule has 0 radical (unpaired) electrons. The lowest BCUT2D eigenvalue weighted by Gasteiger charge is -2.45. The van der Waals surface area contributed by atoms with E-state index in [1.807, 2.05) is 73.7 Å². The average molecular weight is 619 g/mol. The van der Waals surface area contributed by atoms with E-state index >= 15 is 0 Å². The molecule has 2 aliphatic heterocycles. The number of hydrogen-bond donors (Lipinski definition) is 0. The summed E-state index contributed by atoms with van der Waals surface area (Å²) in [6, 6.07) is 35.0. The smallest absolute Gasteiger partial charge is 0.316 e. The van der Waals surface area contributed by atoms with E-state index in [2.05, 4.69) is 24.3 Å². The summed E-state index contributed by atoms with van der Waals surface area (Å²) in [4.78, 5) is 57.7. The second-order valence-corrected chi connectivity index (χ2v) is 13.0. The third kappa shape index (κ3) is 3.99. The van der Waals surface area contributed by atoms with E-state index in [0.29, 0.717) is 17.0 Å². The molecule has 0 spiro atoms. The Hall–Kier alpha value is -5.56. The Morgan fingerprint density at radius 1 is 0.681 bits per heavy atom. The maximum absolute atomic E-state index is 14.2. The summed E-state index contributed by atoms with van der Waals surface area (Å²) in [5.41, 5.74) is 6.45. The van der Waals surface area contributed by atoms with Crippen LogP contribution in [0, 0.1) is 24.7 Å². The number of amides is 3. The third-order valence-electron chi connectivity index (χ3n) is 10.6. The molecule has 7 nitrogen and oxygen atoms in total. The van der Waals surface area contributed by atoms with Gasteiger partial charge < -0.3 is 9.64 Å². The molecule has 10 rings (SSSR count). The van der Waals surface area contributed by atoms with Crippen molar-refractivity contribution in [2.45, 2.75) is 25.2 Å². The van der Waals surface area contributed by atoms with Crippen molar-refractivity contribution >= 4 is 45.8 Å². The lowest BCUT2D eigenvalue weighted by atomic mass is 9.55. The standard InChI is InChI=1S/C40H30N2O5/c1-22-19-25(47-40(46)24-20-33(43)41(21-24)32-16-8-10-23-9-2-3-11-26(23)32)17-18-31(22)42-38(44)36-34-27-12-4-5-13-28(27)35(37(36)39(42)45)30-15-7-6-14-29(30)34/h2-19,24,34-37H,20-21H2,1H3/t24-,34?,35?,36-,37+/m1/s1. The molecule has 47 heavy (non-hydrogen) atoms. The number of esters is 1. The number of fused-ring (bicyclic) bond motifs is 1. The highest BCUT2D eigenvalue weighted by Gasteiger charge is 2.61. The van der Waals surface area contributed by atoms with Gasteiger partial charge >= 0.3 is 5.97 Å². The van der Waals surface area contributed by atoms with Crippen LogP contribution >= 0.6 is 0 Å². The number of rotatable bonds is 4. The van der Waals surface area contributed by atoms with E-state index in [-0.39, 0.29) is 42.5 Å². The number of ether oxygens (including phenoxy) is 1. The van der Waals surface area contributed by atoms with E-state index in [1.54, 1.807) is 23.1 Å². The van der Waals surface area contributed by atoms with Crippen molar-refractivity contribution in [1.29, 1.82) is 0 Å². The van der Waals surface area contributed by atoms with Crippen molar-refractivity contribution in [3.63, 3.8) is 0 Å². The molecule has 0 saturated carbocycles. The fourth-order valence-corrected chi connectivity index (χ4v) is 8.60. The molecule has 0 N–H and O–H groups in total. The van der Waals surface area contributed by atoms with Crippen LogP contribution in [0.4, 0.5) is 11.4 Å². The number of anilines is 2. The normalized spacial score (nSPS) is 24.0. The number of carbonyl (C=O) groups excluding carboxylic acids is 4. The Balaban J connectivity index is 0.967. The van der Waals surface area contributed by atoms with E-state index in [4.69, 9.17) is 4.74 Å². The molecule has 3 aliphatic carbocycles. The number of benzene rings is 5. The zero-order valence-electron chi connectivity index (χ0n) is 25.6. The van der Waals surface area contributed by atoms with Crippen LogP contribution in [0.3, 0.4) is 0 Å². The largest absolute Gasteiger partial charge is 0.426 e. The minimum absolute atomic E-state index is 0.0613. The van der Waals surface area contributed by atoms with Crippen LogP contribution in [0.25, 0.3) is 10.8 Å². The van der Waals surface area contributed by atoms with Crippen LogP contribution in [0.1, 0.15) is 46.1 Å². The fraction of sp³-hybridized carbons (Fsp3) is 0.200. The van der Waals surface area contributed by atoms with Crippen LogP contribution in [0.5, 0.6) is 5.75 Å². The van der Waals surface area contributed by atoms with Crippen molar-refractivity contribution in [3.05, 3.63) is 137 Å².